The summed E-state index contributed by atoms with van der Waals surface area (Å²) in [5, 5.41) is 19.6. The van der Waals surface area contributed by atoms with Crippen LogP contribution in [0.15, 0.2) is 18.5 Å². The predicted octanol–water partition coefficient (Wildman–Crippen LogP) is 1.37. The van der Waals surface area contributed by atoms with E-state index >= 15 is 0 Å². The molecular formula is C15H26N4O2. The number of nitrogens with one attached hydrogen (secondary N) is 2. The van der Waals surface area contributed by atoms with Gasteiger partial charge in [0.05, 0.1) is 6.10 Å². The van der Waals surface area contributed by atoms with Crippen LogP contribution in [0.2, 0.25) is 0 Å². The van der Waals surface area contributed by atoms with Gasteiger partial charge in [-0.25, -0.2) is 4.79 Å². The van der Waals surface area contributed by atoms with Gasteiger partial charge in [-0.2, -0.15) is 5.10 Å². The van der Waals surface area contributed by atoms with Crippen LogP contribution in [0.1, 0.15) is 32.6 Å². The van der Waals surface area contributed by atoms with Gasteiger partial charge in [-0.1, -0.05) is 13.3 Å². The van der Waals surface area contributed by atoms with Crippen LogP contribution in [-0.2, 0) is 6.54 Å². The Bertz CT molecular complexity index is 421. The lowest BCUT2D eigenvalue weighted by Crippen LogP contribution is -2.41. The van der Waals surface area contributed by atoms with E-state index in [1.807, 2.05) is 16.9 Å². The number of amides is 2. The standard InChI is InChI=1S/C15H26N4O2/c1-12(11-19-7-3-6-18-19)9-16-15(21)17-10-13-4-2-5-14(20)8-13/h3,6-7,12-14,20H,2,4-5,8-11H2,1H3,(H2,16,17,21). The fourth-order valence-corrected chi connectivity index (χ4v) is 2.81. The molecule has 3 atom stereocenters. The fraction of sp³-hybridized carbons (Fsp3) is 0.733. The molecule has 0 bridgehead atoms. The lowest BCUT2D eigenvalue weighted by Gasteiger charge is -2.26. The second kappa shape index (κ2) is 8.02. The Hall–Kier alpha value is -1.56. The molecule has 1 fully saturated rings. The lowest BCUT2D eigenvalue weighted by molar-refractivity contribution is 0.101. The van der Waals surface area contributed by atoms with Crippen LogP contribution in [0.25, 0.3) is 0 Å². The number of carbonyl (C=O) groups excluding carboxylic acids is 1. The van der Waals surface area contributed by atoms with Crippen molar-refractivity contribution >= 4 is 6.03 Å². The second-order valence-electron chi connectivity index (χ2n) is 6.11. The average molecular weight is 294 g/mol. The molecule has 6 heteroatoms. The molecule has 118 valence electrons. The minimum absolute atomic E-state index is 0.123. The number of carbonyl (C=O) groups is 1. The molecule has 1 saturated carbocycles. The first-order valence-corrected chi connectivity index (χ1v) is 7.80. The van der Waals surface area contributed by atoms with Crippen LogP contribution < -0.4 is 10.6 Å². The van der Waals surface area contributed by atoms with Crippen molar-refractivity contribution in [3.05, 3.63) is 18.5 Å². The number of hydrogen-bond donors (Lipinski definition) is 3. The molecule has 0 saturated heterocycles. The molecule has 1 aromatic rings. The van der Waals surface area contributed by atoms with Crippen LogP contribution in [0, 0.1) is 11.8 Å². The number of aromatic nitrogens is 2. The molecule has 3 N–H and O–H groups in total. The van der Waals surface area contributed by atoms with Crippen LogP contribution >= 0.6 is 0 Å². The molecule has 1 aliphatic rings. The Labute approximate surface area is 125 Å². The highest BCUT2D eigenvalue weighted by molar-refractivity contribution is 5.73. The monoisotopic (exact) mass is 294 g/mol. The molecule has 0 spiro atoms. The van der Waals surface area contributed by atoms with Gasteiger partial charge >= 0.3 is 6.03 Å². The summed E-state index contributed by atoms with van der Waals surface area (Å²) in [6.07, 6.45) is 7.33. The van der Waals surface area contributed by atoms with E-state index in [1.54, 1.807) is 6.20 Å². The third kappa shape index (κ3) is 5.75. The minimum atomic E-state index is -0.192. The van der Waals surface area contributed by atoms with Gasteiger partial charge in [0, 0.05) is 32.0 Å². The molecule has 1 heterocycles. The van der Waals surface area contributed by atoms with E-state index in [9.17, 15) is 9.90 Å². The van der Waals surface area contributed by atoms with Crippen molar-refractivity contribution in [3.8, 4) is 0 Å². The highest BCUT2D eigenvalue weighted by atomic mass is 16.3. The molecule has 2 rings (SSSR count). The number of urea groups is 1. The summed E-state index contributed by atoms with van der Waals surface area (Å²) in [7, 11) is 0. The fourth-order valence-electron chi connectivity index (χ4n) is 2.81. The summed E-state index contributed by atoms with van der Waals surface area (Å²) in [6.45, 7) is 4.15. The summed E-state index contributed by atoms with van der Waals surface area (Å²) in [5.41, 5.74) is 0. The summed E-state index contributed by atoms with van der Waals surface area (Å²) in [5.74, 6) is 0.730. The number of rotatable bonds is 6. The quantitative estimate of drug-likeness (QED) is 0.741. The van der Waals surface area contributed by atoms with Gasteiger partial charge in [-0.05, 0) is 37.2 Å². The zero-order valence-corrected chi connectivity index (χ0v) is 12.7. The topological polar surface area (TPSA) is 79.2 Å². The summed E-state index contributed by atoms with van der Waals surface area (Å²) >= 11 is 0. The largest absolute Gasteiger partial charge is 0.393 e. The van der Waals surface area contributed by atoms with Crippen molar-refractivity contribution in [1.82, 2.24) is 20.4 Å². The van der Waals surface area contributed by atoms with E-state index < -0.39 is 0 Å². The first kappa shape index (κ1) is 15.8. The number of hydrogen-bond acceptors (Lipinski definition) is 3. The van der Waals surface area contributed by atoms with E-state index in [4.69, 9.17) is 0 Å². The number of aliphatic hydroxyl groups is 1. The van der Waals surface area contributed by atoms with Crippen molar-refractivity contribution in [2.24, 2.45) is 11.8 Å². The smallest absolute Gasteiger partial charge is 0.314 e. The van der Waals surface area contributed by atoms with Gasteiger partial charge < -0.3 is 15.7 Å². The molecule has 1 aliphatic carbocycles. The van der Waals surface area contributed by atoms with E-state index in [0.717, 1.165) is 32.2 Å². The van der Waals surface area contributed by atoms with E-state index in [1.165, 1.54) is 0 Å². The summed E-state index contributed by atoms with van der Waals surface area (Å²) < 4.78 is 1.87. The van der Waals surface area contributed by atoms with Crippen molar-refractivity contribution < 1.29 is 9.90 Å². The van der Waals surface area contributed by atoms with Crippen molar-refractivity contribution in [3.63, 3.8) is 0 Å². The number of nitrogens with zero attached hydrogens (tertiary/aromatic N) is 2. The average Bonchev–Trinajstić information content (AvgIpc) is 2.96. The Morgan fingerprint density at radius 3 is 3.05 bits per heavy atom. The maximum atomic E-state index is 11.8. The van der Waals surface area contributed by atoms with Crippen molar-refractivity contribution in [2.75, 3.05) is 13.1 Å². The van der Waals surface area contributed by atoms with E-state index in [2.05, 4.69) is 22.7 Å². The third-order valence-corrected chi connectivity index (χ3v) is 3.98. The molecule has 3 unspecified atom stereocenters. The van der Waals surface area contributed by atoms with Crippen molar-refractivity contribution in [2.45, 2.75) is 45.3 Å². The summed E-state index contributed by atoms with van der Waals surface area (Å²) in [4.78, 5) is 11.8. The Kier molecular flexibility index (Phi) is 6.04. The highest BCUT2D eigenvalue weighted by Gasteiger charge is 2.20. The molecule has 1 aromatic heterocycles. The molecule has 2 amide bonds. The predicted molar refractivity (Wildman–Crippen MR) is 80.8 cm³/mol. The van der Waals surface area contributed by atoms with Gasteiger partial charge in [-0.3, -0.25) is 4.68 Å². The van der Waals surface area contributed by atoms with Crippen LogP contribution in [0.4, 0.5) is 4.79 Å². The lowest BCUT2D eigenvalue weighted by atomic mass is 9.87. The Balaban J connectivity index is 1.58. The zero-order chi connectivity index (χ0) is 15.1. The van der Waals surface area contributed by atoms with Crippen LogP contribution in [0.3, 0.4) is 0 Å². The van der Waals surface area contributed by atoms with E-state index in [0.29, 0.717) is 24.9 Å². The summed E-state index contributed by atoms with van der Waals surface area (Å²) in [6, 6.07) is 1.77. The Morgan fingerprint density at radius 2 is 2.33 bits per heavy atom. The normalized spacial score (nSPS) is 23.5. The maximum Gasteiger partial charge on any atom is 0.314 e. The molecule has 0 radical (unpaired) electrons. The molecule has 21 heavy (non-hydrogen) atoms. The minimum Gasteiger partial charge on any atom is -0.393 e. The molecule has 0 aliphatic heterocycles. The van der Waals surface area contributed by atoms with Gasteiger partial charge in [0.15, 0.2) is 0 Å². The SMILES string of the molecule is CC(CNC(=O)NCC1CCCC(O)C1)Cn1cccn1. The first-order valence-electron chi connectivity index (χ1n) is 7.80. The van der Waals surface area contributed by atoms with Gasteiger partial charge in [0.2, 0.25) is 0 Å². The van der Waals surface area contributed by atoms with Crippen molar-refractivity contribution in [1.29, 1.82) is 0 Å². The first-order chi connectivity index (χ1) is 10.1. The Morgan fingerprint density at radius 1 is 1.48 bits per heavy atom. The second-order valence-corrected chi connectivity index (χ2v) is 6.11. The van der Waals surface area contributed by atoms with Crippen LogP contribution in [-0.4, -0.2) is 40.1 Å². The molecule has 0 aromatic carbocycles. The maximum absolute atomic E-state index is 11.8. The van der Waals surface area contributed by atoms with Gasteiger partial charge in [0.1, 0.15) is 0 Å². The number of aliphatic hydroxyl groups excluding tert-OH is 1. The van der Waals surface area contributed by atoms with Crippen LogP contribution in [0.5, 0.6) is 0 Å². The van der Waals surface area contributed by atoms with Gasteiger partial charge in [-0.15, -0.1) is 0 Å². The highest BCUT2D eigenvalue weighted by Crippen LogP contribution is 2.23. The van der Waals surface area contributed by atoms with E-state index in [-0.39, 0.29) is 12.1 Å². The zero-order valence-electron chi connectivity index (χ0n) is 12.7. The third-order valence-electron chi connectivity index (χ3n) is 3.98. The molecule has 6 nitrogen and oxygen atoms in total. The van der Waals surface area contributed by atoms with Gasteiger partial charge in [0.25, 0.3) is 0 Å². The molecular weight excluding hydrogens is 268 g/mol.